The molecule has 0 spiro atoms. The van der Waals surface area contributed by atoms with E-state index < -0.39 is 18.5 Å². The van der Waals surface area contributed by atoms with Crippen molar-refractivity contribution in [1.82, 2.24) is 0 Å². The fourth-order valence-electron chi connectivity index (χ4n) is 3.37. The number of benzene rings is 1. The second kappa shape index (κ2) is 9.51. The van der Waals surface area contributed by atoms with Gasteiger partial charge >= 0.3 is 11.9 Å². The van der Waals surface area contributed by atoms with Crippen LogP contribution in [0.3, 0.4) is 0 Å². The van der Waals surface area contributed by atoms with Gasteiger partial charge in [0.15, 0.2) is 6.61 Å². The largest absolute Gasteiger partial charge is 0.460 e. The quantitative estimate of drug-likeness (QED) is 0.556. The minimum atomic E-state index is -0.635. The molecule has 0 saturated heterocycles. The third kappa shape index (κ3) is 6.28. The van der Waals surface area contributed by atoms with Gasteiger partial charge in [-0.05, 0) is 54.4 Å². The van der Waals surface area contributed by atoms with Gasteiger partial charge in [-0.15, -0.1) is 0 Å². The Hall–Kier alpha value is -2.17. The van der Waals surface area contributed by atoms with E-state index in [4.69, 9.17) is 9.47 Å². The molecule has 3 unspecified atom stereocenters. The maximum absolute atomic E-state index is 12.8. The highest BCUT2D eigenvalue weighted by Crippen LogP contribution is 2.35. The first-order chi connectivity index (χ1) is 12.3. The van der Waals surface area contributed by atoms with E-state index in [2.05, 4.69) is 20.8 Å². The second-order valence-corrected chi connectivity index (χ2v) is 7.35. The first-order valence-electron chi connectivity index (χ1n) is 9.15. The minimum absolute atomic E-state index is 0.111. The average Bonchev–Trinajstić information content (AvgIpc) is 2.59. The van der Waals surface area contributed by atoms with Crippen LogP contribution in [0, 0.1) is 23.6 Å². The lowest BCUT2D eigenvalue weighted by Crippen LogP contribution is -2.36. The van der Waals surface area contributed by atoms with E-state index in [9.17, 15) is 14.0 Å². The molecule has 0 N–H and O–H groups in total. The summed E-state index contributed by atoms with van der Waals surface area (Å²) >= 11 is 0. The number of rotatable bonds is 6. The molecular formula is C21H27FO4. The molecule has 2 rings (SSSR count). The summed E-state index contributed by atoms with van der Waals surface area (Å²) in [7, 11) is 0. The van der Waals surface area contributed by atoms with Gasteiger partial charge < -0.3 is 9.47 Å². The van der Waals surface area contributed by atoms with Gasteiger partial charge in [0, 0.05) is 6.08 Å². The molecule has 142 valence electrons. The summed E-state index contributed by atoms with van der Waals surface area (Å²) in [6, 6.07) is 5.70. The topological polar surface area (TPSA) is 52.6 Å². The van der Waals surface area contributed by atoms with Crippen molar-refractivity contribution in [3.63, 3.8) is 0 Å². The molecule has 0 bridgehead atoms. The van der Waals surface area contributed by atoms with Crippen molar-refractivity contribution in [2.24, 2.45) is 17.8 Å². The van der Waals surface area contributed by atoms with Crippen molar-refractivity contribution in [3.05, 3.63) is 41.7 Å². The Morgan fingerprint density at radius 2 is 1.92 bits per heavy atom. The molecule has 5 heteroatoms. The van der Waals surface area contributed by atoms with Gasteiger partial charge in [0.1, 0.15) is 11.9 Å². The molecule has 26 heavy (non-hydrogen) atoms. The zero-order chi connectivity index (χ0) is 19.1. The lowest BCUT2D eigenvalue weighted by atomic mass is 9.75. The molecule has 1 aromatic carbocycles. The minimum Gasteiger partial charge on any atom is -0.460 e. The van der Waals surface area contributed by atoms with Crippen molar-refractivity contribution >= 4 is 18.0 Å². The molecule has 4 nitrogen and oxygen atoms in total. The summed E-state index contributed by atoms with van der Waals surface area (Å²) in [6.45, 7) is 6.05. The zero-order valence-electron chi connectivity index (χ0n) is 15.6. The third-order valence-corrected chi connectivity index (χ3v) is 4.86. The Balaban J connectivity index is 1.79. The summed E-state index contributed by atoms with van der Waals surface area (Å²) in [5.41, 5.74) is 0.668. The number of hydrogen-bond donors (Lipinski definition) is 0. The third-order valence-electron chi connectivity index (χ3n) is 4.86. The number of hydrogen-bond acceptors (Lipinski definition) is 4. The van der Waals surface area contributed by atoms with Crippen LogP contribution in [-0.2, 0) is 19.1 Å². The van der Waals surface area contributed by atoms with Gasteiger partial charge in [-0.1, -0.05) is 39.3 Å². The van der Waals surface area contributed by atoms with Crippen molar-refractivity contribution in [2.45, 2.75) is 46.1 Å². The molecule has 1 fully saturated rings. The molecule has 1 aromatic rings. The number of carbonyl (C=O) groups is 2. The van der Waals surface area contributed by atoms with E-state index in [-0.39, 0.29) is 11.9 Å². The molecule has 0 aliphatic heterocycles. The Bertz CT molecular complexity index is 636. The molecule has 3 atom stereocenters. The normalized spacial score (nSPS) is 23.2. The van der Waals surface area contributed by atoms with Gasteiger partial charge in [-0.2, -0.15) is 0 Å². The summed E-state index contributed by atoms with van der Waals surface area (Å²) < 4.78 is 23.3. The Labute approximate surface area is 154 Å². The van der Waals surface area contributed by atoms with Crippen LogP contribution in [0.25, 0.3) is 6.08 Å². The molecule has 1 aliphatic rings. The standard InChI is InChI=1S/C21H27FO4/c1-14(2)18-10-4-15(3)12-19(18)26-21(24)13-25-20(23)11-7-16-5-8-17(22)9-6-16/h5-9,11,14-15,18-19H,4,10,12-13H2,1-3H3/b11-7+. The van der Waals surface area contributed by atoms with Crippen LogP contribution in [0.4, 0.5) is 4.39 Å². The van der Waals surface area contributed by atoms with E-state index >= 15 is 0 Å². The second-order valence-electron chi connectivity index (χ2n) is 7.35. The maximum atomic E-state index is 12.8. The van der Waals surface area contributed by atoms with E-state index in [0.717, 1.165) is 19.3 Å². The highest BCUT2D eigenvalue weighted by atomic mass is 19.1. The van der Waals surface area contributed by atoms with E-state index in [1.807, 2.05) is 0 Å². The highest BCUT2D eigenvalue weighted by molar-refractivity contribution is 5.88. The monoisotopic (exact) mass is 362 g/mol. The fraction of sp³-hybridized carbons (Fsp3) is 0.524. The van der Waals surface area contributed by atoms with Crippen molar-refractivity contribution < 1.29 is 23.5 Å². The maximum Gasteiger partial charge on any atom is 0.344 e. The Kier molecular flexibility index (Phi) is 7.37. The van der Waals surface area contributed by atoms with Gasteiger partial charge in [0.2, 0.25) is 0 Å². The molecule has 0 aromatic heterocycles. The number of ether oxygens (including phenoxy) is 2. The summed E-state index contributed by atoms with van der Waals surface area (Å²) in [6.07, 6.45) is 5.66. The zero-order valence-corrected chi connectivity index (χ0v) is 15.6. The van der Waals surface area contributed by atoms with Crippen molar-refractivity contribution in [1.29, 1.82) is 0 Å². The predicted molar refractivity (Wildman–Crippen MR) is 97.6 cm³/mol. The van der Waals surface area contributed by atoms with Crippen LogP contribution < -0.4 is 0 Å². The average molecular weight is 362 g/mol. The first kappa shape index (κ1) is 20.1. The molecule has 1 aliphatic carbocycles. The van der Waals surface area contributed by atoms with Gasteiger partial charge in [-0.25, -0.2) is 14.0 Å². The molecule has 0 heterocycles. The Morgan fingerprint density at radius 3 is 2.58 bits per heavy atom. The van der Waals surface area contributed by atoms with E-state index in [1.165, 1.54) is 24.3 Å². The Morgan fingerprint density at radius 1 is 1.23 bits per heavy atom. The van der Waals surface area contributed by atoms with Crippen molar-refractivity contribution in [2.75, 3.05) is 6.61 Å². The van der Waals surface area contributed by atoms with Gasteiger partial charge in [-0.3, -0.25) is 0 Å². The van der Waals surface area contributed by atoms with Crippen LogP contribution in [0.1, 0.15) is 45.6 Å². The van der Waals surface area contributed by atoms with E-state index in [1.54, 1.807) is 12.1 Å². The molecular weight excluding hydrogens is 335 g/mol. The lowest BCUT2D eigenvalue weighted by Gasteiger charge is -2.36. The van der Waals surface area contributed by atoms with Crippen LogP contribution in [0.15, 0.2) is 30.3 Å². The summed E-state index contributed by atoms with van der Waals surface area (Å²) in [5.74, 6) is -0.166. The van der Waals surface area contributed by atoms with Crippen LogP contribution in [0.5, 0.6) is 0 Å². The fourth-order valence-corrected chi connectivity index (χ4v) is 3.37. The molecule has 1 saturated carbocycles. The van der Waals surface area contributed by atoms with Crippen molar-refractivity contribution in [3.8, 4) is 0 Å². The summed E-state index contributed by atoms with van der Waals surface area (Å²) in [5, 5.41) is 0. The number of carbonyl (C=O) groups excluding carboxylic acids is 2. The number of esters is 2. The van der Waals surface area contributed by atoms with Crippen LogP contribution in [-0.4, -0.2) is 24.6 Å². The smallest absolute Gasteiger partial charge is 0.344 e. The predicted octanol–water partition coefficient (Wildman–Crippen LogP) is 4.39. The molecule has 0 radical (unpaired) electrons. The number of halogens is 1. The van der Waals surface area contributed by atoms with Crippen LogP contribution >= 0.6 is 0 Å². The highest BCUT2D eigenvalue weighted by Gasteiger charge is 2.33. The first-order valence-corrected chi connectivity index (χ1v) is 9.15. The molecule has 0 amide bonds. The SMILES string of the molecule is CC1CCC(C(C)C)C(OC(=O)COC(=O)/C=C/c2ccc(F)cc2)C1. The van der Waals surface area contributed by atoms with Gasteiger partial charge in [0.05, 0.1) is 0 Å². The van der Waals surface area contributed by atoms with Gasteiger partial charge in [0.25, 0.3) is 0 Å². The lowest BCUT2D eigenvalue weighted by molar-refractivity contribution is -0.165. The van der Waals surface area contributed by atoms with E-state index in [0.29, 0.717) is 23.3 Å². The summed E-state index contributed by atoms with van der Waals surface area (Å²) in [4.78, 5) is 23.8. The van der Waals surface area contributed by atoms with Crippen LogP contribution in [0.2, 0.25) is 0 Å².